The zero-order valence-corrected chi connectivity index (χ0v) is 17.2. The molecule has 1 aliphatic heterocycles. The number of aromatic nitrogens is 5. The van der Waals surface area contributed by atoms with Crippen LogP contribution in [-0.4, -0.2) is 36.6 Å². The molecule has 4 heterocycles. The number of fused-ring (bicyclic) bond motifs is 1. The maximum absolute atomic E-state index is 9.86. The zero-order valence-electron chi connectivity index (χ0n) is 17.2. The van der Waals surface area contributed by atoms with E-state index in [1.165, 1.54) is 5.56 Å². The first-order chi connectivity index (χ1) is 15.2. The third kappa shape index (κ3) is 3.87. The van der Waals surface area contributed by atoms with Gasteiger partial charge in [-0.1, -0.05) is 30.3 Å². The van der Waals surface area contributed by atoms with Crippen LogP contribution >= 0.6 is 0 Å². The summed E-state index contributed by atoms with van der Waals surface area (Å²) in [4.78, 5) is 24.9. The van der Waals surface area contributed by atoms with Crippen molar-refractivity contribution < 1.29 is 5.11 Å². The number of pyridine rings is 1. The summed E-state index contributed by atoms with van der Waals surface area (Å²) < 4.78 is 0. The minimum atomic E-state index is -0.706. The molecular formula is C24H22N6O. The number of aliphatic hydroxyl groups excluding tert-OH is 1. The number of aliphatic hydroxyl groups is 1. The van der Waals surface area contributed by atoms with Crippen LogP contribution in [0, 0.1) is 0 Å². The number of hydrogen-bond donors (Lipinski definition) is 1. The Hall–Kier alpha value is -3.71. The molecule has 0 amide bonds. The zero-order chi connectivity index (χ0) is 21.2. The molecule has 1 unspecified atom stereocenters. The number of nitrogens with zero attached hydrogens (tertiary/aromatic N) is 6. The molecule has 0 fully saturated rings. The van der Waals surface area contributed by atoms with Crippen molar-refractivity contribution in [1.82, 2.24) is 24.9 Å². The minimum Gasteiger partial charge on any atom is -0.385 e. The fraction of sp³-hybridized carbons (Fsp3) is 0.208. The van der Waals surface area contributed by atoms with Crippen molar-refractivity contribution >= 4 is 5.82 Å². The fourth-order valence-corrected chi connectivity index (χ4v) is 3.83. The van der Waals surface area contributed by atoms with E-state index in [2.05, 4.69) is 32.0 Å². The molecule has 0 saturated heterocycles. The lowest BCUT2D eigenvalue weighted by Crippen LogP contribution is -2.33. The van der Waals surface area contributed by atoms with Crippen LogP contribution in [0.2, 0.25) is 0 Å². The third-order valence-corrected chi connectivity index (χ3v) is 5.41. The maximum atomic E-state index is 9.86. The fourth-order valence-electron chi connectivity index (χ4n) is 3.83. The van der Waals surface area contributed by atoms with E-state index in [9.17, 15) is 5.11 Å². The highest BCUT2D eigenvalue weighted by Crippen LogP contribution is 2.31. The third-order valence-electron chi connectivity index (χ3n) is 5.41. The monoisotopic (exact) mass is 410 g/mol. The predicted octanol–water partition coefficient (Wildman–Crippen LogP) is 3.61. The average Bonchev–Trinajstić information content (AvgIpc) is 2.84. The molecule has 7 heteroatoms. The Morgan fingerprint density at radius 1 is 0.903 bits per heavy atom. The van der Waals surface area contributed by atoms with Gasteiger partial charge >= 0.3 is 0 Å². The lowest BCUT2D eigenvalue weighted by atomic mass is 9.98. The molecule has 3 aromatic heterocycles. The van der Waals surface area contributed by atoms with Gasteiger partial charge in [-0.2, -0.15) is 0 Å². The van der Waals surface area contributed by atoms with Crippen molar-refractivity contribution in [2.75, 3.05) is 11.4 Å². The lowest BCUT2D eigenvalue weighted by Gasteiger charge is -2.30. The summed E-state index contributed by atoms with van der Waals surface area (Å²) in [5, 5.41) is 9.86. The molecule has 154 valence electrons. The Bertz CT molecular complexity index is 1200. The van der Waals surface area contributed by atoms with Crippen LogP contribution in [0.3, 0.4) is 0 Å². The molecule has 0 saturated carbocycles. The standard InChI is InChI=1S/C24H22N6O/c1-16(31)23-26-13-9-21(28-23)30-14-10-19-20(15-30)27-24(18-7-11-25-12-8-18)29-22(19)17-5-3-2-4-6-17/h2-9,11-13,16,31H,10,14-15H2,1H3. The van der Waals surface area contributed by atoms with Crippen molar-refractivity contribution in [1.29, 1.82) is 0 Å². The number of rotatable bonds is 4. The van der Waals surface area contributed by atoms with E-state index < -0.39 is 6.10 Å². The number of hydrogen-bond acceptors (Lipinski definition) is 7. The highest BCUT2D eigenvalue weighted by molar-refractivity contribution is 5.68. The van der Waals surface area contributed by atoms with E-state index in [-0.39, 0.29) is 0 Å². The molecule has 5 rings (SSSR count). The van der Waals surface area contributed by atoms with E-state index in [0.29, 0.717) is 18.2 Å². The normalized spacial score (nSPS) is 14.2. The van der Waals surface area contributed by atoms with E-state index in [4.69, 9.17) is 9.97 Å². The Morgan fingerprint density at radius 3 is 2.48 bits per heavy atom. The smallest absolute Gasteiger partial charge is 0.160 e. The minimum absolute atomic E-state index is 0.424. The SMILES string of the molecule is CC(O)c1nccc(N2CCc3c(nc(-c4ccncc4)nc3-c3ccccc3)C2)n1. The van der Waals surface area contributed by atoms with Gasteiger partial charge in [-0.3, -0.25) is 4.98 Å². The van der Waals surface area contributed by atoms with Gasteiger partial charge < -0.3 is 10.0 Å². The summed E-state index contributed by atoms with van der Waals surface area (Å²) in [6.07, 6.45) is 5.31. The molecule has 0 bridgehead atoms. The van der Waals surface area contributed by atoms with Crippen molar-refractivity contribution in [2.24, 2.45) is 0 Å². The highest BCUT2D eigenvalue weighted by Gasteiger charge is 2.24. The van der Waals surface area contributed by atoms with Crippen LogP contribution in [0.5, 0.6) is 0 Å². The molecule has 4 aromatic rings. The van der Waals surface area contributed by atoms with Crippen LogP contribution in [-0.2, 0) is 13.0 Å². The summed E-state index contributed by atoms with van der Waals surface area (Å²) in [5.41, 5.74) is 5.16. The molecule has 1 N–H and O–H groups in total. The Balaban J connectivity index is 1.59. The van der Waals surface area contributed by atoms with Crippen LogP contribution in [0.25, 0.3) is 22.6 Å². The van der Waals surface area contributed by atoms with Crippen molar-refractivity contribution in [3.8, 4) is 22.6 Å². The van der Waals surface area contributed by atoms with Gasteiger partial charge in [0.2, 0.25) is 0 Å². The maximum Gasteiger partial charge on any atom is 0.160 e. The topological polar surface area (TPSA) is 87.9 Å². The Morgan fingerprint density at radius 2 is 1.71 bits per heavy atom. The lowest BCUT2D eigenvalue weighted by molar-refractivity contribution is 0.189. The van der Waals surface area contributed by atoms with Crippen molar-refractivity contribution in [2.45, 2.75) is 26.0 Å². The van der Waals surface area contributed by atoms with Crippen LogP contribution < -0.4 is 4.90 Å². The van der Waals surface area contributed by atoms with Gasteiger partial charge in [0.1, 0.15) is 11.9 Å². The van der Waals surface area contributed by atoms with E-state index in [1.54, 1.807) is 25.5 Å². The second kappa shape index (κ2) is 8.20. The van der Waals surface area contributed by atoms with Crippen LogP contribution in [0.1, 0.15) is 30.1 Å². The molecule has 0 aliphatic carbocycles. The average molecular weight is 410 g/mol. The first kappa shape index (κ1) is 19.3. The van der Waals surface area contributed by atoms with Crippen molar-refractivity contribution in [3.63, 3.8) is 0 Å². The molecular weight excluding hydrogens is 388 g/mol. The number of benzene rings is 1. The summed E-state index contributed by atoms with van der Waals surface area (Å²) in [7, 11) is 0. The second-order valence-electron chi connectivity index (χ2n) is 7.54. The first-order valence-corrected chi connectivity index (χ1v) is 10.3. The van der Waals surface area contributed by atoms with Gasteiger partial charge in [0.25, 0.3) is 0 Å². The van der Waals surface area contributed by atoms with Crippen molar-refractivity contribution in [3.05, 3.63) is 84.2 Å². The van der Waals surface area contributed by atoms with E-state index >= 15 is 0 Å². The molecule has 7 nitrogen and oxygen atoms in total. The summed E-state index contributed by atoms with van der Waals surface area (Å²) in [6.45, 7) is 3.08. The summed E-state index contributed by atoms with van der Waals surface area (Å²) >= 11 is 0. The molecule has 1 aromatic carbocycles. The van der Waals surface area contributed by atoms with E-state index in [1.807, 2.05) is 36.4 Å². The van der Waals surface area contributed by atoms with Crippen LogP contribution in [0.15, 0.2) is 67.1 Å². The summed E-state index contributed by atoms with van der Waals surface area (Å²) in [5.74, 6) is 1.91. The van der Waals surface area contributed by atoms with Gasteiger partial charge in [-0.25, -0.2) is 19.9 Å². The quantitative estimate of drug-likeness (QED) is 0.550. The van der Waals surface area contributed by atoms with Gasteiger partial charge in [-0.15, -0.1) is 0 Å². The molecule has 1 aliphatic rings. The first-order valence-electron chi connectivity index (χ1n) is 10.3. The predicted molar refractivity (Wildman–Crippen MR) is 118 cm³/mol. The summed E-state index contributed by atoms with van der Waals surface area (Å²) in [6, 6.07) is 16.0. The second-order valence-corrected chi connectivity index (χ2v) is 7.54. The van der Waals surface area contributed by atoms with Crippen LogP contribution in [0.4, 0.5) is 5.82 Å². The van der Waals surface area contributed by atoms with Gasteiger partial charge in [0, 0.05) is 41.8 Å². The van der Waals surface area contributed by atoms with E-state index in [0.717, 1.165) is 41.3 Å². The van der Waals surface area contributed by atoms with Gasteiger partial charge in [0.05, 0.1) is 17.9 Å². The molecule has 1 atom stereocenters. The molecule has 31 heavy (non-hydrogen) atoms. The van der Waals surface area contributed by atoms with Gasteiger partial charge in [0.15, 0.2) is 11.6 Å². The molecule has 0 radical (unpaired) electrons. The Labute approximate surface area is 180 Å². The number of anilines is 1. The molecule has 0 spiro atoms. The largest absolute Gasteiger partial charge is 0.385 e. The van der Waals surface area contributed by atoms with Gasteiger partial charge in [-0.05, 0) is 31.5 Å². The highest BCUT2D eigenvalue weighted by atomic mass is 16.3. The Kier molecular flexibility index (Phi) is 5.09.